The standard InChI is InChI=1S/C25H22ClN3O3S/c26-18-10-11-20-21(15-18)27-25(29(23(20)30)16-19-9-6-14-32-19)33-22(17-7-2-1-3-8-17)24(31)28-12-4-5-13-28/h1-3,6-11,14-15,22H,4-5,12-13,16H2. The van der Waals surface area contributed by atoms with E-state index in [0.717, 1.165) is 31.5 Å². The number of rotatable bonds is 6. The van der Waals surface area contributed by atoms with E-state index in [9.17, 15) is 9.59 Å². The molecule has 33 heavy (non-hydrogen) atoms. The predicted octanol–water partition coefficient (Wildman–Crippen LogP) is 5.15. The van der Waals surface area contributed by atoms with Gasteiger partial charge in [0.2, 0.25) is 5.91 Å². The SMILES string of the molecule is O=C(C(Sc1nc2cc(Cl)ccc2c(=O)n1Cc1ccco1)c1ccccc1)N1CCCC1. The summed E-state index contributed by atoms with van der Waals surface area (Å²) >= 11 is 7.48. The molecule has 3 heterocycles. The molecule has 0 bridgehead atoms. The molecule has 1 fully saturated rings. The fourth-order valence-corrected chi connectivity index (χ4v) is 5.41. The third-order valence-corrected chi connectivity index (χ3v) is 7.21. The second-order valence-electron chi connectivity index (χ2n) is 7.97. The summed E-state index contributed by atoms with van der Waals surface area (Å²) < 4.78 is 7.08. The van der Waals surface area contributed by atoms with E-state index in [0.29, 0.717) is 26.8 Å². The van der Waals surface area contributed by atoms with Crippen molar-refractivity contribution in [3.05, 3.63) is 93.6 Å². The van der Waals surface area contributed by atoms with Gasteiger partial charge in [-0.15, -0.1) is 0 Å². The molecule has 1 aliphatic rings. The van der Waals surface area contributed by atoms with Crippen molar-refractivity contribution in [2.45, 2.75) is 29.8 Å². The summed E-state index contributed by atoms with van der Waals surface area (Å²) in [6, 6.07) is 18.3. The minimum absolute atomic E-state index is 0.0358. The van der Waals surface area contributed by atoms with Crippen molar-refractivity contribution in [3.63, 3.8) is 0 Å². The molecule has 0 spiro atoms. The molecule has 1 atom stereocenters. The van der Waals surface area contributed by atoms with Crippen LogP contribution in [-0.4, -0.2) is 33.4 Å². The summed E-state index contributed by atoms with van der Waals surface area (Å²) in [7, 11) is 0. The number of carbonyl (C=O) groups excluding carboxylic acids is 1. The zero-order valence-corrected chi connectivity index (χ0v) is 19.4. The third kappa shape index (κ3) is 4.56. The highest BCUT2D eigenvalue weighted by Crippen LogP contribution is 2.37. The molecule has 0 N–H and O–H groups in total. The topological polar surface area (TPSA) is 68.3 Å². The van der Waals surface area contributed by atoms with Crippen molar-refractivity contribution in [3.8, 4) is 0 Å². The maximum absolute atomic E-state index is 13.5. The number of furan rings is 1. The van der Waals surface area contributed by atoms with Crippen molar-refractivity contribution in [2.75, 3.05) is 13.1 Å². The van der Waals surface area contributed by atoms with Gasteiger partial charge in [0.25, 0.3) is 5.56 Å². The first-order chi connectivity index (χ1) is 16.1. The van der Waals surface area contributed by atoms with Crippen LogP contribution < -0.4 is 5.56 Å². The Morgan fingerprint density at radius 1 is 1.09 bits per heavy atom. The molecule has 6 nitrogen and oxygen atoms in total. The highest BCUT2D eigenvalue weighted by atomic mass is 35.5. The molecule has 0 saturated carbocycles. The molecular formula is C25H22ClN3O3S. The summed E-state index contributed by atoms with van der Waals surface area (Å²) in [6.45, 7) is 1.73. The Labute approximate surface area is 200 Å². The lowest BCUT2D eigenvalue weighted by molar-refractivity contribution is -0.129. The number of aromatic nitrogens is 2. The van der Waals surface area contributed by atoms with Gasteiger partial charge in [-0.05, 0) is 48.7 Å². The van der Waals surface area contributed by atoms with Crippen LogP contribution >= 0.6 is 23.4 Å². The van der Waals surface area contributed by atoms with Gasteiger partial charge in [-0.2, -0.15) is 0 Å². The van der Waals surface area contributed by atoms with Gasteiger partial charge in [0.15, 0.2) is 5.16 Å². The van der Waals surface area contributed by atoms with Crippen LogP contribution in [0.3, 0.4) is 0 Å². The molecule has 0 aliphatic carbocycles. The van der Waals surface area contributed by atoms with Crippen molar-refractivity contribution >= 4 is 40.2 Å². The minimum atomic E-state index is -0.518. The van der Waals surface area contributed by atoms with E-state index in [1.54, 1.807) is 35.1 Å². The number of nitrogens with zero attached hydrogens (tertiary/aromatic N) is 3. The first-order valence-electron chi connectivity index (χ1n) is 10.8. The van der Waals surface area contributed by atoms with E-state index in [4.69, 9.17) is 21.0 Å². The maximum Gasteiger partial charge on any atom is 0.262 e. The minimum Gasteiger partial charge on any atom is -0.467 e. The average Bonchev–Trinajstić information content (AvgIpc) is 3.54. The van der Waals surface area contributed by atoms with E-state index in [1.807, 2.05) is 41.3 Å². The Balaban J connectivity index is 1.62. The number of fused-ring (bicyclic) bond motifs is 1. The maximum atomic E-state index is 13.5. The Morgan fingerprint density at radius 2 is 1.88 bits per heavy atom. The fraction of sp³-hybridized carbons (Fsp3) is 0.240. The lowest BCUT2D eigenvalue weighted by Gasteiger charge is -2.24. The van der Waals surface area contributed by atoms with Gasteiger partial charge < -0.3 is 9.32 Å². The van der Waals surface area contributed by atoms with Gasteiger partial charge in [0, 0.05) is 18.1 Å². The summed E-state index contributed by atoms with van der Waals surface area (Å²) in [5, 5.41) is 0.905. The fourth-order valence-electron chi connectivity index (χ4n) is 4.06. The molecule has 168 valence electrons. The monoisotopic (exact) mass is 479 g/mol. The van der Waals surface area contributed by atoms with Gasteiger partial charge in [-0.3, -0.25) is 14.2 Å². The van der Waals surface area contributed by atoms with Crippen molar-refractivity contribution in [2.24, 2.45) is 0 Å². The Kier molecular flexibility index (Phi) is 6.24. The lowest BCUT2D eigenvalue weighted by Crippen LogP contribution is -2.32. The first-order valence-corrected chi connectivity index (χ1v) is 12.1. The Hall–Kier alpha value is -3.03. The van der Waals surface area contributed by atoms with E-state index < -0.39 is 5.25 Å². The molecule has 1 aliphatic heterocycles. The number of halogens is 1. The largest absolute Gasteiger partial charge is 0.467 e. The van der Waals surface area contributed by atoms with E-state index in [2.05, 4.69) is 0 Å². The quantitative estimate of drug-likeness (QED) is 0.282. The molecule has 8 heteroatoms. The zero-order chi connectivity index (χ0) is 22.8. The summed E-state index contributed by atoms with van der Waals surface area (Å²) in [6.07, 6.45) is 3.59. The number of hydrogen-bond donors (Lipinski definition) is 0. The van der Waals surface area contributed by atoms with Gasteiger partial charge in [0.05, 0.1) is 23.7 Å². The van der Waals surface area contributed by atoms with Crippen molar-refractivity contribution in [1.29, 1.82) is 0 Å². The number of amides is 1. The molecule has 4 aromatic rings. The van der Waals surface area contributed by atoms with Crippen LogP contribution in [0.4, 0.5) is 0 Å². The van der Waals surface area contributed by atoms with Crippen LogP contribution in [-0.2, 0) is 11.3 Å². The molecular weight excluding hydrogens is 458 g/mol. The number of hydrogen-bond acceptors (Lipinski definition) is 5. The molecule has 0 radical (unpaired) electrons. The van der Waals surface area contributed by atoms with E-state index in [1.165, 1.54) is 11.8 Å². The number of thioether (sulfide) groups is 1. The first kappa shape index (κ1) is 21.8. The van der Waals surface area contributed by atoms with Crippen LogP contribution in [0.1, 0.15) is 29.4 Å². The lowest BCUT2D eigenvalue weighted by atomic mass is 10.1. The summed E-state index contributed by atoms with van der Waals surface area (Å²) in [4.78, 5) is 33.7. The van der Waals surface area contributed by atoms with Crippen molar-refractivity contribution < 1.29 is 9.21 Å². The summed E-state index contributed by atoms with van der Waals surface area (Å²) in [5.41, 5.74) is 1.19. The molecule has 2 aromatic carbocycles. The van der Waals surface area contributed by atoms with E-state index >= 15 is 0 Å². The normalized spacial score (nSPS) is 14.6. The van der Waals surface area contributed by atoms with Gasteiger partial charge in [0.1, 0.15) is 11.0 Å². The van der Waals surface area contributed by atoms with Crippen LogP contribution in [0.25, 0.3) is 10.9 Å². The van der Waals surface area contributed by atoms with Crippen LogP contribution in [0, 0.1) is 0 Å². The second kappa shape index (κ2) is 9.45. The smallest absolute Gasteiger partial charge is 0.262 e. The van der Waals surface area contributed by atoms with Gasteiger partial charge in [-0.1, -0.05) is 53.7 Å². The number of carbonyl (C=O) groups is 1. The highest BCUT2D eigenvalue weighted by molar-refractivity contribution is 8.00. The van der Waals surface area contributed by atoms with Gasteiger partial charge in [-0.25, -0.2) is 4.98 Å². The third-order valence-electron chi connectivity index (χ3n) is 5.74. The Bertz CT molecular complexity index is 1330. The van der Waals surface area contributed by atoms with Crippen LogP contribution in [0.15, 0.2) is 81.3 Å². The van der Waals surface area contributed by atoms with Crippen LogP contribution in [0.5, 0.6) is 0 Å². The zero-order valence-electron chi connectivity index (χ0n) is 17.8. The highest BCUT2D eigenvalue weighted by Gasteiger charge is 2.30. The molecule has 1 saturated heterocycles. The van der Waals surface area contributed by atoms with Gasteiger partial charge >= 0.3 is 0 Å². The average molecular weight is 480 g/mol. The molecule has 5 rings (SSSR count). The summed E-state index contributed by atoms with van der Waals surface area (Å²) in [5.74, 6) is 0.671. The molecule has 1 unspecified atom stereocenters. The van der Waals surface area contributed by atoms with E-state index in [-0.39, 0.29) is 18.0 Å². The second-order valence-corrected chi connectivity index (χ2v) is 9.48. The van der Waals surface area contributed by atoms with Crippen LogP contribution in [0.2, 0.25) is 5.02 Å². The molecule has 1 amide bonds. The van der Waals surface area contributed by atoms with Crippen molar-refractivity contribution in [1.82, 2.24) is 14.5 Å². The number of benzene rings is 2. The molecule has 2 aromatic heterocycles. The Morgan fingerprint density at radius 3 is 2.61 bits per heavy atom. The predicted molar refractivity (Wildman–Crippen MR) is 130 cm³/mol. The number of likely N-dealkylation sites (tertiary alicyclic amines) is 1.